The normalized spacial score (nSPS) is 11.7. The van der Waals surface area contributed by atoms with E-state index in [2.05, 4.69) is 14.9 Å². The van der Waals surface area contributed by atoms with Crippen LogP contribution in [0.2, 0.25) is 5.15 Å². The van der Waals surface area contributed by atoms with Crippen molar-refractivity contribution in [2.45, 2.75) is 18.4 Å². The largest absolute Gasteiger partial charge is 0.361 e. The van der Waals surface area contributed by atoms with Crippen molar-refractivity contribution >= 4 is 21.6 Å². The van der Waals surface area contributed by atoms with Crippen molar-refractivity contribution in [3.63, 3.8) is 0 Å². The van der Waals surface area contributed by atoms with Crippen LogP contribution in [0.3, 0.4) is 0 Å². The highest BCUT2D eigenvalue weighted by Gasteiger charge is 2.15. The lowest BCUT2D eigenvalue weighted by atomic mass is 10.4. The summed E-state index contributed by atoms with van der Waals surface area (Å²) in [5.74, 6) is 0.621. The summed E-state index contributed by atoms with van der Waals surface area (Å²) in [7, 11) is -3.63. The number of halogens is 1. The first-order valence-corrected chi connectivity index (χ1v) is 6.87. The Morgan fingerprint density at radius 3 is 2.83 bits per heavy atom. The fourth-order valence-electron chi connectivity index (χ4n) is 1.31. The molecular weight excluding hydrogens is 278 g/mol. The van der Waals surface area contributed by atoms with Gasteiger partial charge in [0.15, 0.2) is 0 Å². The molecule has 0 radical (unpaired) electrons. The second-order valence-corrected chi connectivity index (χ2v) is 5.72. The average Bonchev–Trinajstić information content (AvgIpc) is 2.73. The molecule has 2 heterocycles. The molecule has 18 heavy (non-hydrogen) atoms. The molecule has 0 amide bonds. The summed E-state index contributed by atoms with van der Waals surface area (Å²) in [4.78, 5) is 3.78. The number of hydrogen-bond acceptors (Lipinski definition) is 5. The molecule has 2 aromatic rings. The maximum absolute atomic E-state index is 11.9. The van der Waals surface area contributed by atoms with E-state index in [4.69, 9.17) is 16.1 Å². The Labute approximate surface area is 109 Å². The monoisotopic (exact) mass is 287 g/mol. The quantitative estimate of drug-likeness (QED) is 0.862. The highest BCUT2D eigenvalue weighted by atomic mass is 35.5. The summed E-state index contributed by atoms with van der Waals surface area (Å²) in [5, 5.41) is 3.81. The molecule has 2 aromatic heterocycles. The molecule has 6 nitrogen and oxygen atoms in total. The van der Waals surface area contributed by atoms with Gasteiger partial charge in [-0.25, -0.2) is 18.1 Å². The van der Waals surface area contributed by atoms with Gasteiger partial charge < -0.3 is 4.52 Å². The molecule has 0 bridgehead atoms. The van der Waals surface area contributed by atoms with Gasteiger partial charge in [0.1, 0.15) is 10.9 Å². The van der Waals surface area contributed by atoms with Crippen LogP contribution in [0, 0.1) is 6.92 Å². The van der Waals surface area contributed by atoms with E-state index in [1.807, 2.05) is 0 Å². The Balaban J connectivity index is 2.13. The minimum atomic E-state index is -3.63. The lowest BCUT2D eigenvalue weighted by Crippen LogP contribution is -2.23. The number of pyridine rings is 1. The van der Waals surface area contributed by atoms with Crippen molar-refractivity contribution in [2.75, 3.05) is 0 Å². The maximum atomic E-state index is 11.9. The predicted molar refractivity (Wildman–Crippen MR) is 64.5 cm³/mol. The number of hydrogen-bond donors (Lipinski definition) is 1. The predicted octanol–water partition coefficient (Wildman–Crippen LogP) is 1.51. The van der Waals surface area contributed by atoms with E-state index in [0.29, 0.717) is 11.5 Å². The van der Waals surface area contributed by atoms with Gasteiger partial charge in [-0.05, 0) is 19.1 Å². The van der Waals surface area contributed by atoms with Crippen LogP contribution in [-0.2, 0) is 16.6 Å². The third kappa shape index (κ3) is 3.06. The van der Waals surface area contributed by atoms with Gasteiger partial charge in [0.05, 0.1) is 17.1 Å². The molecule has 0 aliphatic carbocycles. The molecule has 0 spiro atoms. The Morgan fingerprint density at radius 1 is 1.44 bits per heavy atom. The standard InChI is InChI=1S/C10H10ClN3O3S/c1-7-4-8(14-17-7)6-13-18(15,16)9-2-3-12-10(11)5-9/h2-5,13H,6H2,1H3. The number of aryl methyl sites for hydroxylation is 1. The smallest absolute Gasteiger partial charge is 0.241 e. The van der Waals surface area contributed by atoms with E-state index in [-0.39, 0.29) is 16.6 Å². The van der Waals surface area contributed by atoms with Crippen molar-refractivity contribution in [3.05, 3.63) is 41.0 Å². The minimum absolute atomic E-state index is 0.0552. The molecule has 0 unspecified atom stereocenters. The number of rotatable bonds is 4. The Morgan fingerprint density at radius 2 is 2.22 bits per heavy atom. The Hall–Kier alpha value is -1.44. The Bertz CT molecular complexity index is 654. The van der Waals surface area contributed by atoms with E-state index in [0.717, 1.165) is 0 Å². The number of nitrogens with zero attached hydrogens (tertiary/aromatic N) is 2. The summed E-state index contributed by atoms with van der Waals surface area (Å²) < 4.78 is 31.1. The van der Waals surface area contributed by atoms with Crippen molar-refractivity contribution in [1.29, 1.82) is 0 Å². The minimum Gasteiger partial charge on any atom is -0.361 e. The van der Waals surface area contributed by atoms with E-state index in [9.17, 15) is 8.42 Å². The molecule has 0 saturated carbocycles. The summed E-state index contributed by atoms with van der Waals surface area (Å²) in [6.07, 6.45) is 1.33. The molecule has 8 heteroatoms. The first kappa shape index (κ1) is 13.0. The fourth-order valence-corrected chi connectivity index (χ4v) is 2.56. The second-order valence-electron chi connectivity index (χ2n) is 3.57. The molecule has 96 valence electrons. The maximum Gasteiger partial charge on any atom is 0.241 e. The van der Waals surface area contributed by atoms with Crippen LogP contribution in [0.5, 0.6) is 0 Å². The zero-order valence-electron chi connectivity index (χ0n) is 9.42. The molecule has 0 saturated heterocycles. The number of aromatic nitrogens is 2. The van der Waals surface area contributed by atoms with Crippen molar-refractivity contribution in [3.8, 4) is 0 Å². The summed E-state index contributed by atoms with van der Waals surface area (Å²) in [6, 6.07) is 4.29. The van der Waals surface area contributed by atoms with Crippen LogP contribution in [-0.4, -0.2) is 18.6 Å². The van der Waals surface area contributed by atoms with Gasteiger partial charge in [-0.1, -0.05) is 16.8 Å². The van der Waals surface area contributed by atoms with E-state index in [1.165, 1.54) is 18.3 Å². The van der Waals surface area contributed by atoms with Crippen molar-refractivity contribution < 1.29 is 12.9 Å². The second kappa shape index (κ2) is 5.05. The van der Waals surface area contributed by atoms with Crippen LogP contribution in [0.4, 0.5) is 0 Å². The van der Waals surface area contributed by atoms with Gasteiger partial charge >= 0.3 is 0 Å². The first-order chi connectivity index (χ1) is 8.47. The molecule has 0 aliphatic heterocycles. The number of sulfonamides is 1. The molecule has 0 atom stereocenters. The van der Waals surface area contributed by atoms with Crippen molar-refractivity contribution in [1.82, 2.24) is 14.9 Å². The zero-order valence-corrected chi connectivity index (χ0v) is 11.0. The summed E-state index contributed by atoms with van der Waals surface area (Å²) >= 11 is 5.64. The molecule has 1 N–H and O–H groups in total. The topological polar surface area (TPSA) is 85.1 Å². The van der Waals surface area contributed by atoms with Crippen LogP contribution >= 0.6 is 11.6 Å². The van der Waals surface area contributed by atoms with Gasteiger partial charge in [-0.3, -0.25) is 0 Å². The molecule has 0 aliphatic rings. The lowest BCUT2D eigenvalue weighted by molar-refractivity contribution is 0.390. The third-order valence-electron chi connectivity index (χ3n) is 2.13. The number of nitrogens with one attached hydrogen (secondary N) is 1. The van der Waals surface area contributed by atoms with Gasteiger partial charge in [0, 0.05) is 12.3 Å². The van der Waals surface area contributed by atoms with Gasteiger partial charge in [-0.15, -0.1) is 0 Å². The zero-order chi connectivity index (χ0) is 13.2. The van der Waals surface area contributed by atoms with Crippen LogP contribution < -0.4 is 4.72 Å². The fraction of sp³-hybridized carbons (Fsp3) is 0.200. The SMILES string of the molecule is Cc1cc(CNS(=O)(=O)c2ccnc(Cl)c2)no1. The average molecular weight is 288 g/mol. The Kier molecular flexibility index (Phi) is 3.65. The molecule has 0 fully saturated rings. The highest BCUT2D eigenvalue weighted by molar-refractivity contribution is 7.89. The summed E-state index contributed by atoms with van der Waals surface area (Å²) in [5.41, 5.74) is 0.510. The third-order valence-corrected chi connectivity index (χ3v) is 3.73. The van der Waals surface area contributed by atoms with E-state index in [1.54, 1.807) is 13.0 Å². The van der Waals surface area contributed by atoms with Gasteiger partial charge in [0.25, 0.3) is 0 Å². The molecule has 2 rings (SSSR count). The van der Waals surface area contributed by atoms with Crippen LogP contribution in [0.15, 0.2) is 33.8 Å². The van der Waals surface area contributed by atoms with Gasteiger partial charge in [0.2, 0.25) is 10.0 Å². The first-order valence-electron chi connectivity index (χ1n) is 5.01. The molecule has 0 aromatic carbocycles. The molecular formula is C10H10ClN3O3S. The lowest BCUT2D eigenvalue weighted by Gasteiger charge is -2.04. The van der Waals surface area contributed by atoms with Crippen LogP contribution in [0.25, 0.3) is 0 Å². The van der Waals surface area contributed by atoms with E-state index < -0.39 is 10.0 Å². The highest BCUT2D eigenvalue weighted by Crippen LogP contribution is 2.13. The summed E-state index contributed by atoms with van der Waals surface area (Å²) in [6.45, 7) is 1.78. The van der Waals surface area contributed by atoms with Crippen molar-refractivity contribution in [2.24, 2.45) is 0 Å². The van der Waals surface area contributed by atoms with E-state index >= 15 is 0 Å². The van der Waals surface area contributed by atoms with Gasteiger partial charge in [-0.2, -0.15) is 0 Å². The van der Waals surface area contributed by atoms with Crippen LogP contribution in [0.1, 0.15) is 11.5 Å².